The summed E-state index contributed by atoms with van der Waals surface area (Å²) in [4.78, 5) is 37.1. The van der Waals surface area contributed by atoms with Crippen LogP contribution in [0.25, 0.3) is 0 Å². The molecular weight excluding hydrogens is 456 g/mol. The first-order valence-electron chi connectivity index (χ1n) is 11.2. The fraction of sp³-hybridized carbons (Fsp3) is 0.478. The maximum atomic E-state index is 12.3. The predicted octanol–water partition coefficient (Wildman–Crippen LogP) is 0.575. The fourth-order valence-electron chi connectivity index (χ4n) is 3.57. The lowest BCUT2D eigenvalue weighted by Crippen LogP contribution is -2.46. The number of hydrogen-bond donors (Lipinski definition) is 7. The zero-order valence-electron chi connectivity index (χ0n) is 19.3. The summed E-state index contributed by atoms with van der Waals surface area (Å²) in [6.07, 6.45) is 3.41. The van der Waals surface area contributed by atoms with E-state index < -0.39 is 18.1 Å². The van der Waals surface area contributed by atoms with E-state index in [0.29, 0.717) is 32.4 Å². The average Bonchev–Trinajstić information content (AvgIpc) is 3.25. The molecule has 186 valence electrons. The number of carboxylic acid groups (broad SMARTS) is 1. The van der Waals surface area contributed by atoms with Crippen LogP contribution in [0.15, 0.2) is 46.9 Å². The van der Waals surface area contributed by atoms with Gasteiger partial charge in [0.2, 0.25) is 11.8 Å². The van der Waals surface area contributed by atoms with Crippen molar-refractivity contribution in [2.24, 2.45) is 11.5 Å². The van der Waals surface area contributed by atoms with Gasteiger partial charge in [-0.15, -0.1) is 11.8 Å². The van der Waals surface area contributed by atoms with E-state index in [9.17, 15) is 19.5 Å². The molecular formula is C23H34N6O4S. The van der Waals surface area contributed by atoms with Crippen molar-refractivity contribution >= 4 is 35.4 Å². The summed E-state index contributed by atoms with van der Waals surface area (Å²) in [7, 11) is 0. The van der Waals surface area contributed by atoms with Gasteiger partial charge in [-0.25, -0.2) is 4.79 Å². The highest BCUT2D eigenvalue weighted by Gasteiger charge is 2.27. The van der Waals surface area contributed by atoms with E-state index in [4.69, 9.17) is 16.9 Å². The molecule has 0 saturated carbocycles. The molecule has 1 aromatic rings. The second-order valence-electron chi connectivity index (χ2n) is 8.15. The monoisotopic (exact) mass is 490 g/mol. The van der Waals surface area contributed by atoms with E-state index in [1.807, 2.05) is 36.4 Å². The fourth-order valence-corrected chi connectivity index (χ4v) is 4.64. The third kappa shape index (κ3) is 8.81. The molecule has 0 aliphatic carbocycles. The van der Waals surface area contributed by atoms with Crippen LogP contribution in [-0.2, 0) is 14.4 Å². The molecule has 1 aliphatic rings. The minimum atomic E-state index is -1.08. The molecule has 0 saturated heterocycles. The van der Waals surface area contributed by atoms with Crippen molar-refractivity contribution in [3.63, 3.8) is 0 Å². The third-order valence-corrected chi connectivity index (χ3v) is 6.60. The lowest BCUT2D eigenvalue weighted by molar-refractivity contribution is -0.141. The number of aliphatic carboxylic acids is 1. The molecule has 0 aromatic heterocycles. The molecule has 34 heavy (non-hydrogen) atoms. The molecule has 1 aromatic carbocycles. The van der Waals surface area contributed by atoms with Crippen molar-refractivity contribution in [3.8, 4) is 0 Å². The van der Waals surface area contributed by atoms with Crippen LogP contribution in [0, 0.1) is 5.41 Å². The highest BCUT2D eigenvalue weighted by atomic mass is 32.2. The Kier molecular flexibility index (Phi) is 11.0. The third-order valence-electron chi connectivity index (χ3n) is 5.41. The molecule has 0 radical (unpaired) electrons. The number of nitrogens with two attached hydrogens (primary N) is 2. The second kappa shape index (κ2) is 13.7. The van der Waals surface area contributed by atoms with Crippen LogP contribution in [-0.4, -0.2) is 65.2 Å². The van der Waals surface area contributed by atoms with Crippen molar-refractivity contribution in [2.75, 3.05) is 13.1 Å². The number of amides is 2. The normalized spacial score (nSPS) is 17.8. The van der Waals surface area contributed by atoms with Crippen LogP contribution in [0.5, 0.6) is 0 Å². The van der Waals surface area contributed by atoms with Gasteiger partial charge in [0, 0.05) is 29.7 Å². The number of unbranched alkanes of at least 4 members (excludes halogenated alkanes) is 1. The Hall–Kier alpha value is -2.89. The van der Waals surface area contributed by atoms with Crippen LogP contribution >= 0.6 is 11.8 Å². The number of hydrogen-bond acceptors (Lipinski definition) is 7. The molecule has 0 bridgehead atoms. The standard InChI is InChI=1S/C23H34N6O4S/c1-14(34-16-7-3-2-4-8-16)19(23(32)33)29-18(30)9-5-6-11-28-22(31)17(24)13-15-10-12-27-20(15)21(25)26/h2-4,7-8,10,14,17,19-20,27H,5-6,9,11-13,24H2,1H3,(H3,25,26)(H,28,31)(H,29,30)(H,32,33). The first-order chi connectivity index (χ1) is 16.2. The highest BCUT2D eigenvalue weighted by Crippen LogP contribution is 2.25. The Morgan fingerprint density at radius 1 is 1.26 bits per heavy atom. The Morgan fingerprint density at radius 2 is 1.97 bits per heavy atom. The number of nitrogens with one attached hydrogen (secondary N) is 4. The van der Waals surface area contributed by atoms with E-state index in [0.717, 1.165) is 10.5 Å². The van der Waals surface area contributed by atoms with Crippen LogP contribution < -0.4 is 27.4 Å². The first kappa shape index (κ1) is 27.4. The SMILES string of the molecule is CC(Sc1ccccc1)C(NC(=O)CCCCNC(=O)C(N)CC1=CCNC1C(=N)N)C(=O)O. The smallest absolute Gasteiger partial charge is 0.327 e. The lowest BCUT2D eigenvalue weighted by Gasteiger charge is -2.21. The predicted molar refractivity (Wildman–Crippen MR) is 133 cm³/mol. The van der Waals surface area contributed by atoms with Crippen LogP contribution in [0.4, 0.5) is 0 Å². The van der Waals surface area contributed by atoms with Crippen LogP contribution in [0.2, 0.25) is 0 Å². The summed E-state index contributed by atoms with van der Waals surface area (Å²) in [5.41, 5.74) is 12.4. The number of rotatable bonds is 14. The minimum Gasteiger partial charge on any atom is -0.480 e. The quantitative estimate of drug-likeness (QED) is 0.0649. The van der Waals surface area contributed by atoms with Crippen LogP contribution in [0.1, 0.15) is 32.6 Å². The Labute approximate surface area is 203 Å². The molecule has 2 amide bonds. The molecule has 2 rings (SSSR count). The van der Waals surface area contributed by atoms with Gasteiger partial charge in [-0.1, -0.05) is 31.2 Å². The maximum absolute atomic E-state index is 12.3. The molecule has 11 heteroatoms. The molecule has 10 nitrogen and oxygen atoms in total. The van der Waals surface area contributed by atoms with Crippen molar-refractivity contribution < 1.29 is 19.5 Å². The van der Waals surface area contributed by atoms with Crippen LogP contribution in [0.3, 0.4) is 0 Å². The van der Waals surface area contributed by atoms with Gasteiger partial charge in [-0.05, 0) is 37.0 Å². The number of benzene rings is 1. The highest BCUT2D eigenvalue weighted by molar-refractivity contribution is 8.00. The van der Waals surface area contributed by atoms with Crippen molar-refractivity contribution in [2.45, 2.75) is 60.9 Å². The van der Waals surface area contributed by atoms with Gasteiger partial charge in [-0.2, -0.15) is 0 Å². The summed E-state index contributed by atoms with van der Waals surface area (Å²) in [5, 5.41) is 25.2. The van der Waals surface area contributed by atoms with Gasteiger partial charge in [-0.3, -0.25) is 15.0 Å². The first-order valence-corrected chi connectivity index (χ1v) is 12.1. The second-order valence-corrected chi connectivity index (χ2v) is 9.60. The van der Waals surface area contributed by atoms with Gasteiger partial charge < -0.3 is 32.5 Å². The largest absolute Gasteiger partial charge is 0.480 e. The number of carboxylic acids is 1. The lowest BCUT2D eigenvalue weighted by atomic mass is 10.0. The van der Waals surface area contributed by atoms with Crippen molar-refractivity contribution in [3.05, 3.63) is 42.0 Å². The Bertz CT molecular complexity index is 895. The summed E-state index contributed by atoms with van der Waals surface area (Å²) in [5.74, 6) is -1.73. The van der Waals surface area contributed by atoms with E-state index >= 15 is 0 Å². The molecule has 4 unspecified atom stereocenters. The minimum absolute atomic E-state index is 0.00664. The molecule has 1 aliphatic heterocycles. The molecule has 4 atom stereocenters. The van der Waals surface area contributed by atoms with Crippen molar-refractivity contribution in [1.82, 2.24) is 16.0 Å². The number of carbonyl (C=O) groups excluding carboxylic acids is 2. The topological polar surface area (TPSA) is 183 Å². The number of amidine groups is 1. The van der Waals surface area contributed by atoms with E-state index in [2.05, 4.69) is 16.0 Å². The number of carbonyl (C=O) groups is 3. The van der Waals surface area contributed by atoms with Gasteiger partial charge in [0.05, 0.1) is 12.1 Å². The van der Waals surface area contributed by atoms with Gasteiger partial charge >= 0.3 is 5.97 Å². The summed E-state index contributed by atoms with van der Waals surface area (Å²) in [6.45, 7) is 2.71. The van der Waals surface area contributed by atoms with Gasteiger partial charge in [0.1, 0.15) is 11.9 Å². The number of thioether (sulfide) groups is 1. The Balaban J connectivity index is 1.67. The zero-order chi connectivity index (χ0) is 25.1. The van der Waals surface area contributed by atoms with Gasteiger partial charge in [0.15, 0.2) is 0 Å². The average molecular weight is 491 g/mol. The van der Waals surface area contributed by atoms with E-state index in [1.54, 1.807) is 6.92 Å². The molecule has 0 fully saturated rings. The summed E-state index contributed by atoms with van der Waals surface area (Å²) >= 11 is 1.39. The van der Waals surface area contributed by atoms with E-state index in [-0.39, 0.29) is 35.4 Å². The zero-order valence-corrected chi connectivity index (χ0v) is 20.1. The molecule has 9 N–H and O–H groups in total. The summed E-state index contributed by atoms with van der Waals surface area (Å²) in [6, 6.07) is 7.29. The van der Waals surface area contributed by atoms with Crippen molar-refractivity contribution in [1.29, 1.82) is 5.41 Å². The van der Waals surface area contributed by atoms with E-state index in [1.165, 1.54) is 11.8 Å². The van der Waals surface area contributed by atoms with Gasteiger partial charge in [0.25, 0.3) is 0 Å². The summed E-state index contributed by atoms with van der Waals surface area (Å²) < 4.78 is 0. The molecule has 1 heterocycles. The Morgan fingerprint density at radius 3 is 2.62 bits per heavy atom. The maximum Gasteiger partial charge on any atom is 0.327 e. The molecule has 0 spiro atoms.